The second-order valence-corrected chi connectivity index (χ2v) is 5.10. The summed E-state index contributed by atoms with van der Waals surface area (Å²) in [6.45, 7) is 3.92. The number of para-hydroxylation sites is 1. The van der Waals surface area contributed by atoms with Crippen LogP contribution in [0.25, 0.3) is 10.2 Å². The molecule has 1 aromatic carbocycles. The molecule has 0 unspecified atom stereocenters. The van der Waals surface area contributed by atoms with E-state index in [4.69, 9.17) is 5.11 Å². The SMILES string of the molecule is CC.OCc1cccc(/C=N/Nc2nc3ccccc3s2)n1. The lowest BCUT2D eigenvalue weighted by atomic mass is 10.3. The minimum absolute atomic E-state index is 0.0764. The molecule has 3 aromatic rings. The summed E-state index contributed by atoms with van der Waals surface area (Å²) >= 11 is 1.54. The van der Waals surface area contributed by atoms with Gasteiger partial charge >= 0.3 is 0 Å². The zero-order valence-corrected chi connectivity index (χ0v) is 13.3. The molecular formula is C16H18N4OS. The summed E-state index contributed by atoms with van der Waals surface area (Å²) in [4.78, 5) is 8.62. The number of thiazole rings is 1. The van der Waals surface area contributed by atoms with Crippen LogP contribution in [-0.2, 0) is 6.61 Å². The van der Waals surface area contributed by atoms with Crippen LogP contribution in [0.4, 0.5) is 5.13 Å². The number of hydrazone groups is 1. The molecular weight excluding hydrogens is 296 g/mol. The first-order chi connectivity index (χ1) is 10.8. The van der Waals surface area contributed by atoms with Crippen molar-refractivity contribution in [3.05, 3.63) is 53.9 Å². The Kier molecular flexibility index (Phi) is 6.00. The van der Waals surface area contributed by atoms with Crippen molar-refractivity contribution in [2.24, 2.45) is 5.10 Å². The second-order valence-electron chi connectivity index (χ2n) is 4.07. The molecule has 0 saturated carbocycles. The van der Waals surface area contributed by atoms with E-state index in [0.717, 1.165) is 15.3 Å². The van der Waals surface area contributed by atoms with Crippen LogP contribution in [-0.4, -0.2) is 21.3 Å². The van der Waals surface area contributed by atoms with Crippen LogP contribution in [0, 0.1) is 0 Å². The average molecular weight is 314 g/mol. The lowest BCUT2D eigenvalue weighted by molar-refractivity contribution is 0.277. The number of anilines is 1. The van der Waals surface area contributed by atoms with Crippen LogP contribution in [0.1, 0.15) is 25.2 Å². The minimum Gasteiger partial charge on any atom is -0.390 e. The fourth-order valence-electron chi connectivity index (χ4n) is 1.73. The Hall–Kier alpha value is -2.31. The molecule has 0 spiro atoms. The first-order valence-corrected chi connectivity index (χ1v) is 7.88. The molecule has 0 radical (unpaired) electrons. The molecule has 0 amide bonds. The van der Waals surface area contributed by atoms with E-state index in [-0.39, 0.29) is 6.61 Å². The third kappa shape index (κ3) is 4.09. The molecule has 0 fully saturated rings. The molecule has 0 aliphatic heterocycles. The van der Waals surface area contributed by atoms with Crippen molar-refractivity contribution in [2.45, 2.75) is 20.5 Å². The summed E-state index contributed by atoms with van der Waals surface area (Å²) in [5, 5.41) is 13.9. The van der Waals surface area contributed by atoms with Crippen molar-refractivity contribution in [1.82, 2.24) is 9.97 Å². The molecule has 3 rings (SSSR count). The Bertz CT molecular complexity index is 721. The summed E-state index contributed by atoms with van der Waals surface area (Å²) in [5.41, 5.74) is 5.15. The number of pyridine rings is 1. The lowest BCUT2D eigenvalue weighted by Crippen LogP contribution is -1.95. The molecule has 0 atom stereocenters. The van der Waals surface area contributed by atoms with Gasteiger partial charge in [-0.05, 0) is 24.3 Å². The van der Waals surface area contributed by atoms with Crippen molar-refractivity contribution in [3.8, 4) is 0 Å². The molecule has 0 aliphatic rings. The van der Waals surface area contributed by atoms with E-state index >= 15 is 0 Å². The quantitative estimate of drug-likeness (QED) is 0.569. The summed E-state index contributed by atoms with van der Waals surface area (Å²) in [6, 6.07) is 13.3. The number of hydrogen-bond donors (Lipinski definition) is 2. The number of nitrogens with zero attached hydrogens (tertiary/aromatic N) is 3. The highest BCUT2D eigenvalue weighted by atomic mass is 32.1. The van der Waals surface area contributed by atoms with Crippen LogP contribution >= 0.6 is 11.3 Å². The number of rotatable bonds is 4. The predicted molar refractivity (Wildman–Crippen MR) is 92.3 cm³/mol. The van der Waals surface area contributed by atoms with E-state index < -0.39 is 0 Å². The standard InChI is InChI=1S/C14H12N4OS.C2H6/c19-9-11-5-3-4-10(16-11)8-15-18-14-17-12-6-1-2-7-13(12)20-14;1-2/h1-8,19H,9H2,(H,17,18);1-2H3/b15-8+;. The number of hydrogen-bond acceptors (Lipinski definition) is 6. The van der Waals surface area contributed by atoms with Crippen molar-refractivity contribution in [3.63, 3.8) is 0 Å². The second kappa shape index (κ2) is 8.21. The first kappa shape index (κ1) is 16.1. The lowest BCUT2D eigenvalue weighted by Gasteiger charge is -1.96. The van der Waals surface area contributed by atoms with Crippen molar-refractivity contribution >= 4 is 32.9 Å². The monoisotopic (exact) mass is 314 g/mol. The third-order valence-electron chi connectivity index (χ3n) is 2.64. The van der Waals surface area contributed by atoms with Gasteiger partial charge < -0.3 is 5.11 Å². The van der Waals surface area contributed by atoms with E-state index in [1.54, 1.807) is 23.6 Å². The largest absolute Gasteiger partial charge is 0.390 e. The molecule has 0 bridgehead atoms. The highest BCUT2D eigenvalue weighted by Crippen LogP contribution is 2.25. The van der Waals surface area contributed by atoms with Crippen LogP contribution in [0.15, 0.2) is 47.6 Å². The summed E-state index contributed by atoms with van der Waals surface area (Å²) in [5.74, 6) is 0. The molecule has 2 heterocycles. The maximum atomic E-state index is 9.02. The maximum absolute atomic E-state index is 9.02. The van der Waals surface area contributed by atoms with Crippen molar-refractivity contribution in [2.75, 3.05) is 5.43 Å². The van der Waals surface area contributed by atoms with Gasteiger partial charge in [0.15, 0.2) is 0 Å². The molecule has 0 saturated heterocycles. The number of aliphatic hydroxyl groups is 1. The fraction of sp³-hybridized carbons (Fsp3) is 0.188. The van der Waals surface area contributed by atoms with Crippen LogP contribution in [0.2, 0.25) is 0 Å². The van der Waals surface area contributed by atoms with Gasteiger partial charge in [0.05, 0.1) is 34.4 Å². The van der Waals surface area contributed by atoms with Gasteiger partial charge in [0.25, 0.3) is 0 Å². The molecule has 22 heavy (non-hydrogen) atoms. The topological polar surface area (TPSA) is 70.4 Å². The van der Waals surface area contributed by atoms with Crippen LogP contribution in [0.3, 0.4) is 0 Å². The van der Waals surface area contributed by atoms with Gasteiger partial charge in [-0.2, -0.15) is 5.10 Å². The smallest absolute Gasteiger partial charge is 0.204 e. The molecule has 2 aromatic heterocycles. The molecule has 0 aliphatic carbocycles. The van der Waals surface area contributed by atoms with Crippen LogP contribution < -0.4 is 5.43 Å². The Morgan fingerprint density at radius 3 is 2.73 bits per heavy atom. The highest BCUT2D eigenvalue weighted by molar-refractivity contribution is 7.22. The Morgan fingerprint density at radius 2 is 1.95 bits per heavy atom. The number of nitrogens with one attached hydrogen (secondary N) is 1. The number of aliphatic hydroxyl groups excluding tert-OH is 1. The molecule has 2 N–H and O–H groups in total. The number of benzene rings is 1. The number of fused-ring (bicyclic) bond motifs is 1. The summed E-state index contributed by atoms with van der Waals surface area (Å²) in [7, 11) is 0. The fourth-order valence-corrected chi connectivity index (χ4v) is 2.55. The molecule has 114 valence electrons. The van der Waals surface area contributed by atoms with Crippen molar-refractivity contribution < 1.29 is 5.11 Å². The average Bonchev–Trinajstić information content (AvgIpc) is 2.99. The van der Waals surface area contributed by atoms with Gasteiger partial charge in [-0.3, -0.25) is 5.43 Å². The van der Waals surface area contributed by atoms with Gasteiger partial charge in [-0.1, -0.05) is 43.4 Å². The summed E-state index contributed by atoms with van der Waals surface area (Å²) < 4.78 is 1.12. The number of aromatic nitrogens is 2. The predicted octanol–water partition coefficient (Wildman–Crippen LogP) is 3.66. The molecule has 6 heteroatoms. The zero-order chi connectivity index (χ0) is 15.8. The van der Waals surface area contributed by atoms with Crippen LogP contribution in [0.5, 0.6) is 0 Å². The van der Waals surface area contributed by atoms with E-state index in [9.17, 15) is 0 Å². The zero-order valence-electron chi connectivity index (χ0n) is 12.5. The first-order valence-electron chi connectivity index (χ1n) is 7.06. The van der Waals surface area contributed by atoms with Crippen molar-refractivity contribution in [1.29, 1.82) is 0 Å². The molecule has 5 nitrogen and oxygen atoms in total. The van der Waals surface area contributed by atoms with E-state index in [1.165, 1.54) is 0 Å². The Labute approximate surface area is 133 Å². The summed E-state index contributed by atoms with van der Waals surface area (Å²) in [6.07, 6.45) is 1.60. The van der Waals surface area contributed by atoms with Gasteiger partial charge in [-0.25, -0.2) is 9.97 Å². The highest BCUT2D eigenvalue weighted by Gasteiger charge is 2.00. The normalized spacial score (nSPS) is 10.5. The van der Waals surface area contributed by atoms with E-state index in [2.05, 4.69) is 20.5 Å². The third-order valence-corrected chi connectivity index (χ3v) is 3.58. The van der Waals surface area contributed by atoms with Gasteiger partial charge in [0.2, 0.25) is 5.13 Å². The van der Waals surface area contributed by atoms with Gasteiger partial charge in [0, 0.05) is 0 Å². The maximum Gasteiger partial charge on any atom is 0.204 e. The Balaban J connectivity index is 0.000000847. The van der Waals surface area contributed by atoms with E-state index in [0.29, 0.717) is 11.4 Å². The van der Waals surface area contributed by atoms with E-state index in [1.807, 2.05) is 50.2 Å². The Morgan fingerprint density at radius 1 is 1.14 bits per heavy atom. The van der Waals surface area contributed by atoms with Gasteiger partial charge in [-0.15, -0.1) is 0 Å². The minimum atomic E-state index is -0.0764. The van der Waals surface area contributed by atoms with Gasteiger partial charge in [0.1, 0.15) is 0 Å².